The Labute approximate surface area is 182 Å². The van der Waals surface area contributed by atoms with Gasteiger partial charge in [0.1, 0.15) is 12.1 Å². The molecule has 1 atom stereocenters. The van der Waals surface area contributed by atoms with Crippen molar-refractivity contribution in [2.24, 2.45) is 5.92 Å². The van der Waals surface area contributed by atoms with Gasteiger partial charge in [-0.05, 0) is 31.0 Å². The molecule has 0 bridgehead atoms. The predicted molar refractivity (Wildman–Crippen MR) is 118 cm³/mol. The van der Waals surface area contributed by atoms with Gasteiger partial charge in [0.25, 0.3) is 0 Å². The Morgan fingerprint density at radius 1 is 1.19 bits per heavy atom. The topological polar surface area (TPSA) is 102 Å². The zero-order valence-corrected chi connectivity index (χ0v) is 17.4. The maximum Gasteiger partial charge on any atom is 0.231 e. The third kappa shape index (κ3) is 4.29. The normalized spacial score (nSPS) is 16.3. The Morgan fingerprint density at radius 3 is 2.97 bits per heavy atom. The standard InChI is InChI=1S/C21H20N8OS/c30-20(27-21-26-17(13-31-21)15-4-1-6-22-11-15)16-5-2-8-28(12-16)18-10-19(24-14-23-18)29-9-3-7-25-29/h1,3-4,6-7,9-11,13-14,16H,2,5,8,12H2,(H,26,27,30). The summed E-state index contributed by atoms with van der Waals surface area (Å²) in [5.41, 5.74) is 1.74. The molecule has 1 N–H and O–H groups in total. The minimum atomic E-state index is -0.136. The molecule has 5 rings (SSSR count). The number of rotatable bonds is 5. The molecule has 0 aromatic carbocycles. The molecular weight excluding hydrogens is 412 g/mol. The minimum absolute atomic E-state index is 0.0156. The lowest BCUT2D eigenvalue weighted by Crippen LogP contribution is -2.41. The second-order valence-corrected chi connectivity index (χ2v) is 8.10. The van der Waals surface area contributed by atoms with E-state index in [1.54, 1.807) is 23.3 Å². The number of nitrogens with zero attached hydrogens (tertiary/aromatic N) is 7. The van der Waals surface area contributed by atoms with Gasteiger partial charge in [-0.2, -0.15) is 5.10 Å². The summed E-state index contributed by atoms with van der Waals surface area (Å²) < 4.78 is 1.70. The number of pyridine rings is 1. The van der Waals surface area contributed by atoms with E-state index in [9.17, 15) is 4.79 Å². The lowest BCUT2D eigenvalue weighted by molar-refractivity contribution is -0.120. The van der Waals surface area contributed by atoms with E-state index in [1.807, 2.05) is 35.8 Å². The van der Waals surface area contributed by atoms with E-state index in [2.05, 4.69) is 35.3 Å². The first kappa shape index (κ1) is 19.3. The van der Waals surface area contributed by atoms with Crippen LogP contribution in [0.4, 0.5) is 10.9 Å². The van der Waals surface area contributed by atoms with Crippen molar-refractivity contribution < 1.29 is 4.79 Å². The SMILES string of the molecule is O=C(Nc1nc(-c2cccnc2)cs1)C1CCCN(c2cc(-n3cccn3)ncn2)C1. The van der Waals surface area contributed by atoms with Gasteiger partial charge in [-0.25, -0.2) is 19.6 Å². The van der Waals surface area contributed by atoms with Crippen LogP contribution in [0.15, 0.2) is 60.8 Å². The van der Waals surface area contributed by atoms with Crippen LogP contribution >= 0.6 is 11.3 Å². The molecule has 5 heterocycles. The van der Waals surface area contributed by atoms with Crippen LogP contribution in [0.1, 0.15) is 12.8 Å². The van der Waals surface area contributed by atoms with Crippen LogP contribution < -0.4 is 10.2 Å². The highest BCUT2D eigenvalue weighted by Gasteiger charge is 2.27. The Bertz CT molecular complexity index is 1160. The third-order valence-electron chi connectivity index (χ3n) is 5.19. The number of piperidine rings is 1. The molecule has 1 unspecified atom stereocenters. The summed E-state index contributed by atoms with van der Waals surface area (Å²) in [6, 6.07) is 7.57. The number of anilines is 2. The maximum atomic E-state index is 12.9. The van der Waals surface area contributed by atoms with Gasteiger partial charge in [-0.15, -0.1) is 11.3 Å². The summed E-state index contributed by atoms with van der Waals surface area (Å²) in [6.45, 7) is 1.45. The van der Waals surface area contributed by atoms with Crippen molar-refractivity contribution in [1.29, 1.82) is 0 Å². The zero-order valence-electron chi connectivity index (χ0n) is 16.6. The first-order chi connectivity index (χ1) is 15.3. The van der Waals surface area contributed by atoms with Gasteiger partial charge >= 0.3 is 0 Å². The third-order valence-corrected chi connectivity index (χ3v) is 5.94. The van der Waals surface area contributed by atoms with E-state index in [0.29, 0.717) is 17.5 Å². The average molecular weight is 433 g/mol. The average Bonchev–Trinajstić information content (AvgIpc) is 3.53. The van der Waals surface area contributed by atoms with Crippen molar-refractivity contribution in [2.45, 2.75) is 12.8 Å². The number of amides is 1. The Hall–Kier alpha value is -3.66. The molecule has 156 valence electrons. The maximum absolute atomic E-state index is 12.9. The lowest BCUT2D eigenvalue weighted by Gasteiger charge is -2.32. The molecule has 1 fully saturated rings. The minimum Gasteiger partial charge on any atom is -0.356 e. The largest absolute Gasteiger partial charge is 0.356 e. The first-order valence-electron chi connectivity index (χ1n) is 10.00. The van der Waals surface area contributed by atoms with Gasteiger partial charge in [0.15, 0.2) is 10.9 Å². The molecule has 9 nitrogen and oxygen atoms in total. The number of carbonyl (C=O) groups is 1. The molecule has 0 aliphatic carbocycles. The van der Waals surface area contributed by atoms with Crippen molar-refractivity contribution in [3.63, 3.8) is 0 Å². The van der Waals surface area contributed by atoms with Gasteiger partial charge in [0.05, 0.1) is 11.6 Å². The van der Waals surface area contributed by atoms with Gasteiger partial charge in [-0.1, -0.05) is 0 Å². The molecule has 10 heteroatoms. The van der Waals surface area contributed by atoms with Crippen LogP contribution in [0, 0.1) is 5.92 Å². The molecule has 1 saturated heterocycles. The monoisotopic (exact) mass is 432 g/mol. The molecule has 0 saturated carbocycles. The van der Waals surface area contributed by atoms with Crippen molar-refractivity contribution in [3.05, 3.63) is 60.8 Å². The van der Waals surface area contributed by atoms with Gasteiger partial charge < -0.3 is 10.2 Å². The predicted octanol–water partition coefficient (Wildman–Crippen LogP) is 3.04. The molecule has 0 spiro atoms. The second-order valence-electron chi connectivity index (χ2n) is 7.24. The van der Waals surface area contributed by atoms with Crippen LogP contribution in [-0.4, -0.2) is 48.7 Å². The molecular formula is C21H20N8OS. The number of carbonyl (C=O) groups excluding carboxylic acids is 1. The highest BCUT2D eigenvalue weighted by Crippen LogP contribution is 2.27. The smallest absolute Gasteiger partial charge is 0.231 e. The number of aromatic nitrogens is 6. The molecule has 4 aromatic heterocycles. The summed E-state index contributed by atoms with van der Waals surface area (Å²) in [7, 11) is 0. The zero-order chi connectivity index (χ0) is 21.0. The fraction of sp³-hybridized carbons (Fsp3) is 0.238. The van der Waals surface area contributed by atoms with E-state index in [-0.39, 0.29) is 11.8 Å². The number of hydrogen-bond acceptors (Lipinski definition) is 8. The van der Waals surface area contributed by atoms with Crippen LogP contribution in [0.25, 0.3) is 17.1 Å². The van der Waals surface area contributed by atoms with E-state index in [0.717, 1.165) is 36.5 Å². The fourth-order valence-corrected chi connectivity index (χ4v) is 4.35. The summed E-state index contributed by atoms with van der Waals surface area (Å²) in [6.07, 6.45) is 10.3. The van der Waals surface area contributed by atoms with Gasteiger partial charge in [0.2, 0.25) is 5.91 Å². The number of hydrogen-bond donors (Lipinski definition) is 1. The summed E-state index contributed by atoms with van der Waals surface area (Å²) in [5.74, 6) is 1.35. The van der Waals surface area contributed by atoms with Gasteiger partial charge in [0, 0.05) is 54.9 Å². The van der Waals surface area contributed by atoms with Gasteiger partial charge in [-0.3, -0.25) is 9.78 Å². The van der Waals surface area contributed by atoms with E-state index >= 15 is 0 Å². The molecule has 4 aromatic rings. The lowest BCUT2D eigenvalue weighted by atomic mass is 9.97. The van der Waals surface area contributed by atoms with Crippen molar-refractivity contribution >= 4 is 28.2 Å². The van der Waals surface area contributed by atoms with E-state index < -0.39 is 0 Å². The van der Waals surface area contributed by atoms with Crippen molar-refractivity contribution in [3.8, 4) is 17.1 Å². The Kier molecular flexibility index (Phi) is 5.36. The highest BCUT2D eigenvalue weighted by atomic mass is 32.1. The number of nitrogens with one attached hydrogen (secondary N) is 1. The fourth-order valence-electron chi connectivity index (χ4n) is 3.62. The molecule has 1 aliphatic rings. The Balaban J connectivity index is 1.26. The second kappa shape index (κ2) is 8.60. The molecule has 1 amide bonds. The van der Waals surface area contributed by atoms with E-state index in [1.165, 1.54) is 17.7 Å². The van der Waals surface area contributed by atoms with Crippen LogP contribution in [0.5, 0.6) is 0 Å². The van der Waals surface area contributed by atoms with Crippen LogP contribution in [-0.2, 0) is 4.79 Å². The molecule has 0 radical (unpaired) electrons. The van der Waals surface area contributed by atoms with Crippen LogP contribution in [0.3, 0.4) is 0 Å². The quantitative estimate of drug-likeness (QED) is 0.517. The summed E-state index contributed by atoms with van der Waals surface area (Å²) in [5, 5.41) is 9.73. The van der Waals surface area contributed by atoms with Crippen molar-refractivity contribution in [1.82, 2.24) is 29.7 Å². The summed E-state index contributed by atoms with van der Waals surface area (Å²) in [4.78, 5) is 32.4. The Morgan fingerprint density at radius 2 is 2.13 bits per heavy atom. The number of thiazole rings is 1. The van der Waals surface area contributed by atoms with Crippen molar-refractivity contribution in [2.75, 3.05) is 23.3 Å². The highest BCUT2D eigenvalue weighted by molar-refractivity contribution is 7.14. The molecule has 1 aliphatic heterocycles. The summed E-state index contributed by atoms with van der Waals surface area (Å²) >= 11 is 1.42. The first-order valence-corrected chi connectivity index (χ1v) is 10.9. The van der Waals surface area contributed by atoms with E-state index in [4.69, 9.17) is 0 Å². The molecule has 31 heavy (non-hydrogen) atoms. The van der Waals surface area contributed by atoms with Crippen LogP contribution in [0.2, 0.25) is 0 Å².